The van der Waals surface area contributed by atoms with Crippen LogP contribution in [0.3, 0.4) is 0 Å². The van der Waals surface area contributed by atoms with E-state index >= 15 is 0 Å². The number of thiophene rings is 1. The molecule has 0 aliphatic rings. The van der Waals surface area contributed by atoms with Gasteiger partial charge in [-0.05, 0) is 61.2 Å². The van der Waals surface area contributed by atoms with Crippen LogP contribution >= 0.6 is 22.9 Å². The number of amides is 1. The summed E-state index contributed by atoms with van der Waals surface area (Å²) in [6.45, 7) is 3.43. The van der Waals surface area contributed by atoms with Gasteiger partial charge in [-0.25, -0.2) is 0 Å². The normalized spacial score (nSPS) is 11.3. The number of nitrogens with zero attached hydrogens (tertiary/aromatic N) is 2. The monoisotopic (exact) mass is 453 g/mol. The maximum atomic E-state index is 13.0. The molecule has 0 spiro atoms. The molecule has 0 bridgehead atoms. The minimum Gasteiger partial charge on any atom is -0.478 e. The molecule has 0 saturated heterocycles. The minimum atomic E-state index is -1.10. The van der Waals surface area contributed by atoms with Crippen LogP contribution in [0.5, 0.6) is 5.75 Å². The quantitative estimate of drug-likeness (QED) is 0.380. The molecule has 8 heteroatoms. The second kappa shape index (κ2) is 8.91. The molecule has 2 aromatic carbocycles. The highest BCUT2D eigenvalue weighted by Crippen LogP contribution is 2.26. The van der Waals surface area contributed by atoms with Gasteiger partial charge in [-0.15, -0.1) is 11.3 Å². The molecule has 1 N–H and O–H groups in total. The first-order valence-corrected chi connectivity index (χ1v) is 10.9. The van der Waals surface area contributed by atoms with E-state index in [1.54, 1.807) is 49.4 Å². The van der Waals surface area contributed by atoms with Crippen LogP contribution in [0.4, 0.5) is 5.69 Å². The van der Waals surface area contributed by atoms with Crippen LogP contribution in [0.2, 0.25) is 5.02 Å². The summed E-state index contributed by atoms with van der Waals surface area (Å²) in [6.07, 6.45) is 0.396. The van der Waals surface area contributed by atoms with Crippen molar-refractivity contribution in [1.29, 1.82) is 0 Å². The molecule has 0 atom stereocenters. The highest BCUT2D eigenvalue weighted by molar-refractivity contribution is 7.13. The Balaban J connectivity index is 1.48. The third kappa shape index (κ3) is 5.13. The molecule has 1 amide bonds. The van der Waals surface area contributed by atoms with E-state index in [0.29, 0.717) is 34.6 Å². The maximum Gasteiger partial charge on any atom is 0.267 e. The highest BCUT2D eigenvalue weighted by atomic mass is 35.5. The Kier molecular flexibility index (Phi) is 6.06. The van der Waals surface area contributed by atoms with E-state index in [2.05, 4.69) is 15.5 Å². The van der Waals surface area contributed by atoms with Crippen LogP contribution in [0.15, 0.2) is 70.6 Å². The lowest BCUT2D eigenvalue weighted by molar-refractivity contribution is -0.128. The maximum absolute atomic E-state index is 13.0. The minimum absolute atomic E-state index is 0.278. The number of carbonyl (C=O) groups is 1. The van der Waals surface area contributed by atoms with Gasteiger partial charge in [-0.3, -0.25) is 4.79 Å². The van der Waals surface area contributed by atoms with E-state index in [0.717, 1.165) is 10.4 Å². The lowest BCUT2D eigenvalue weighted by Gasteiger charge is -2.26. The molecule has 0 radical (unpaired) electrons. The third-order valence-corrected chi connectivity index (χ3v) is 5.67. The van der Waals surface area contributed by atoms with Crippen molar-refractivity contribution in [2.75, 3.05) is 5.32 Å². The van der Waals surface area contributed by atoms with Crippen LogP contribution in [0.1, 0.15) is 25.3 Å². The molecule has 0 unspecified atom stereocenters. The second-order valence-electron chi connectivity index (χ2n) is 7.34. The van der Waals surface area contributed by atoms with Gasteiger partial charge in [0.15, 0.2) is 5.60 Å². The van der Waals surface area contributed by atoms with Crippen LogP contribution in [-0.4, -0.2) is 21.6 Å². The third-order valence-electron chi connectivity index (χ3n) is 4.55. The molecule has 2 aromatic heterocycles. The van der Waals surface area contributed by atoms with E-state index in [4.69, 9.17) is 20.9 Å². The number of hydrogen-bond acceptors (Lipinski definition) is 6. The van der Waals surface area contributed by atoms with Crippen molar-refractivity contribution in [3.05, 3.63) is 82.5 Å². The van der Waals surface area contributed by atoms with Gasteiger partial charge in [-0.2, -0.15) is 4.98 Å². The average Bonchev–Trinajstić information content (AvgIpc) is 3.43. The van der Waals surface area contributed by atoms with Crippen LogP contribution in [-0.2, 0) is 11.2 Å². The number of benzene rings is 2. The molecule has 2 heterocycles. The summed E-state index contributed by atoms with van der Waals surface area (Å²) in [7, 11) is 0. The molecule has 4 aromatic rings. The van der Waals surface area contributed by atoms with Crippen molar-refractivity contribution >= 4 is 34.5 Å². The number of ether oxygens (including phenoxy) is 1. The van der Waals surface area contributed by atoms with Gasteiger partial charge in [0, 0.05) is 10.7 Å². The summed E-state index contributed by atoms with van der Waals surface area (Å²) in [5.41, 5.74) is 0.424. The molecule has 158 valence electrons. The topological polar surface area (TPSA) is 77.2 Å². The Morgan fingerprint density at radius 2 is 1.90 bits per heavy atom. The summed E-state index contributed by atoms with van der Waals surface area (Å²) in [6, 6.07) is 18.3. The van der Waals surface area contributed by atoms with Gasteiger partial charge in [0.25, 0.3) is 5.91 Å². The van der Waals surface area contributed by atoms with Crippen LogP contribution < -0.4 is 10.1 Å². The van der Waals surface area contributed by atoms with Gasteiger partial charge in [0.1, 0.15) is 5.75 Å². The van der Waals surface area contributed by atoms with E-state index < -0.39 is 5.60 Å². The van der Waals surface area contributed by atoms with E-state index in [-0.39, 0.29) is 5.91 Å². The Labute approximate surface area is 188 Å². The number of rotatable bonds is 7. The molecule has 6 nitrogen and oxygen atoms in total. The number of anilines is 1. The molecule has 31 heavy (non-hydrogen) atoms. The SMILES string of the molecule is CC(C)(Oc1ccc(Cl)cc1)C(=O)Nc1ccccc1Cc1nc(-c2cccs2)no1. The summed E-state index contributed by atoms with van der Waals surface area (Å²) in [4.78, 5) is 18.4. The zero-order chi connectivity index (χ0) is 21.8. The van der Waals surface area contributed by atoms with Gasteiger partial charge < -0.3 is 14.6 Å². The van der Waals surface area contributed by atoms with Crippen molar-refractivity contribution < 1.29 is 14.1 Å². The smallest absolute Gasteiger partial charge is 0.267 e. The molecule has 0 fully saturated rings. The largest absolute Gasteiger partial charge is 0.478 e. The zero-order valence-corrected chi connectivity index (χ0v) is 18.5. The Morgan fingerprint density at radius 3 is 2.65 bits per heavy atom. The van der Waals surface area contributed by atoms with Gasteiger partial charge in [0.05, 0.1) is 11.3 Å². The fourth-order valence-electron chi connectivity index (χ4n) is 2.91. The van der Waals surface area contributed by atoms with Crippen LogP contribution in [0, 0.1) is 0 Å². The standard InChI is InChI=1S/C23H20ClN3O3S/c1-23(2,29-17-11-9-16(24)10-12-17)22(28)25-18-7-4-3-6-15(18)14-20-26-21(27-30-20)19-8-5-13-31-19/h3-13H,14H2,1-2H3,(H,25,28). The number of halogens is 1. The lowest BCUT2D eigenvalue weighted by atomic mass is 10.1. The fourth-order valence-corrected chi connectivity index (χ4v) is 3.68. The first-order chi connectivity index (χ1) is 14.9. The fraction of sp³-hybridized carbons (Fsp3) is 0.174. The molecule has 0 aliphatic carbocycles. The predicted octanol–water partition coefficient (Wildman–Crippen LogP) is 5.84. The van der Waals surface area contributed by atoms with Gasteiger partial charge >= 0.3 is 0 Å². The van der Waals surface area contributed by atoms with Crippen molar-refractivity contribution in [2.45, 2.75) is 25.9 Å². The summed E-state index contributed by atoms with van der Waals surface area (Å²) < 4.78 is 11.3. The van der Waals surface area contributed by atoms with E-state index in [9.17, 15) is 4.79 Å². The molecule has 4 rings (SSSR count). The Morgan fingerprint density at radius 1 is 1.13 bits per heavy atom. The summed E-state index contributed by atoms with van der Waals surface area (Å²) in [5.74, 6) is 1.32. The molecule has 0 aliphatic heterocycles. The number of carbonyl (C=O) groups excluding carboxylic acids is 1. The van der Waals surface area contributed by atoms with E-state index in [1.165, 1.54) is 0 Å². The van der Waals surface area contributed by atoms with Crippen LogP contribution in [0.25, 0.3) is 10.7 Å². The van der Waals surface area contributed by atoms with Gasteiger partial charge in [-0.1, -0.05) is 41.0 Å². The zero-order valence-electron chi connectivity index (χ0n) is 17.0. The molecular formula is C23H20ClN3O3S. The Hall–Kier alpha value is -3.16. The Bertz CT molecular complexity index is 1170. The van der Waals surface area contributed by atoms with E-state index in [1.807, 2.05) is 41.8 Å². The average molecular weight is 454 g/mol. The van der Waals surface area contributed by atoms with Crippen molar-refractivity contribution in [1.82, 2.24) is 10.1 Å². The predicted molar refractivity (Wildman–Crippen MR) is 122 cm³/mol. The molecule has 0 saturated carbocycles. The highest BCUT2D eigenvalue weighted by Gasteiger charge is 2.30. The number of aromatic nitrogens is 2. The number of para-hydroxylation sites is 1. The van der Waals surface area contributed by atoms with Crippen molar-refractivity contribution in [3.8, 4) is 16.5 Å². The van der Waals surface area contributed by atoms with Crippen molar-refractivity contribution in [2.24, 2.45) is 0 Å². The molecular weight excluding hydrogens is 434 g/mol. The van der Waals surface area contributed by atoms with Crippen molar-refractivity contribution in [3.63, 3.8) is 0 Å². The lowest BCUT2D eigenvalue weighted by Crippen LogP contribution is -2.42. The summed E-state index contributed by atoms with van der Waals surface area (Å²) in [5, 5.41) is 9.57. The second-order valence-corrected chi connectivity index (χ2v) is 8.73. The van der Waals surface area contributed by atoms with Gasteiger partial charge in [0.2, 0.25) is 11.7 Å². The number of hydrogen-bond donors (Lipinski definition) is 1. The first-order valence-electron chi connectivity index (χ1n) is 9.61. The number of nitrogens with one attached hydrogen (secondary N) is 1. The summed E-state index contributed by atoms with van der Waals surface area (Å²) >= 11 is 7.46. The first kappa shape index (κ1) is 21.1.